The molecule has 0 aromatic carbocycles. The van der Waals surface area contributed by atoms with Crippen molar-refractivity contribution in [2.75, 3.05) is 20.1 Å². The summed E-state index contributed by atoms with van der Waals surface area (Å²) in [7, 11) is 1.84. The van der Waals surface area contributed by atoms with Crippen molar-refractivity contribution in [2.45, 2.75) is 38.8 Å². The average Bonchev–Trinajstić information content (AvgIpc) is 2.46. The number of rotatable bonds is 3. The average molecular weight is 277 g/mol. The van der Waals surface area contributed by atoms with Gasteiger partial charge in [0.05, 0.1) is 11.8 Å². The lowest BCUT2D eigenvalue weighted by Crippen LogP contribution is -2.47. The summed E-state index contributed by atoms with van der Waals surface area (Å²) >= 11 is 0. The van der Waals surface area contributed by atoms with Crippen LogP contribution in [0.5, 0.6) is 5.75 Å². The third-order valence-electron chi connectivity index (χ3n) is 4.07. The van der Waals surface area contributed by atoms with Crippen LogP contribution < -0.4 is 0 Å². The third-order valence-corrected chi connectivity index (χ3v) is 4.07. The van der Waals surface area contributed by atoms with Crippen LogP contribution in [0.2, 0.25) is 0 Å². The Morgan fingerprint density at radius 1 is 1.40 bits per heavy atom. The lowest BCUT2D eigenvalue weighted by atomic mass is 10.0. The van der Waals surface area contributed by atoms with Crippen LogP contribution in [0.3, 0.4) is 0 Å². The molecule has 5 nitrogen and oxygen atoms in total. The molecule has 0 bridgehead atoms. The molecule has 1 N–H and O–H groups in total. The van der Waals surface area contributed by atoms with E-state index in [2.05, 4.69) is 23.7 Å². The largest absolute Gasteiger partial charge is 0.506 e. The van der Waals surface area contributed by atoms with Crippen LogP contribution in [0.4, 0.5) is 0 Å². The van der Waals surface area contributed by atoms with Crippen LogP contribution in [-0.4, -0.2) is 58.0 Å². The number of carbonyl (C=O) groups is 1. The molecular weight excluding hydrogens is 254 g/mol. The van der Waals surface area contributed by atoms with Gasteiger partial charge in [0, 0.05) is 38.4 Å². The first-order valence-electron chi connectivity index (χ1n) is 7.14. The van der Waals surface area contributed by atoms with Gasteiger partial charge in [-0.3, -0.25) is 9.78 Å². The normalized spacial score (nSPS) is 17.4. The van der Waals surface area contributed by atoms with E-state index in [4.69, 9.17) is 0 Å². The fourth-order valence-electron chi connectivity index (χ4n) is 2.70. The van der Waals surface area contributed by atoms with Gasteiger partial charge in [-0.05, 0) is 32.8 Å². The number of hydrogen-bond acceptors (Lipinski definition) is 4. The van der Waals surface area contributed by atoms with E-state index in [1.807, 2.05) is 7.05 Å². The zero-order valence-corrected chi connectivity index (χ0v) is 12.4. The second-order valence-electron chi connectivity index (χ2n) is 5.71. The van der Waals surface area contributed by atoms with Crippen LogP contribution in [0.25, 0.3) is 0 Å². The van der Waals surface area contributed by atoms with E-state index < -0.39 is 0 Å². The van der Waals surface area contributed by atoms with Gasteiger partial charge in [-0.15, -0.1) is 0 Å². The Bertz CT molecular complexity index is 468. The lowest BCUT2D eigenvalue weighted by molar-refractivity contribution is 0.0614. The summed E-state index contributed by atoms with van der Waals surface area (Å²) in [6.07, 6.45) is 4.82. The van der Waals surface area contributed by atoms with Gasteiger partial charge in [-0.2, -0.15) is 0 Å². The van der Waals surface area contributed by atoms with Crippen LogP contribution >= 0.6 is 0 Å². The van der Waals surface area contributed by atoms with Crippen molar-refractivity contribution in [2.24, 2.45) is 0 Å². The fraction of sp³-hybridized carbons (Fsp3) is 0.600. The molecule has 0 atom stereocenters. The van der Waals surface area contributed by atoms with Gasteiger partial charge in [0.25, 0.3) is 5.91 Å². The highest BCUT2D eigenvalue weighted by molar-refractivity contribution is 5.94. The molecule has 0 spiro atoms. The molecule has 1 aliphatic rings. The fourth-order valence-corrected chi connectivity index (χ4v) is 2.70. The maximum atomic E-state index is 12.4. The summed E-state index contributed by atoms with van der Waals surface area (Å²) in [5.74, 6) is -0.0460. The Morgan fingerprint density at radius 3 is 2.60 bits per heavy atom. The van der Waals surface area contributed by atoms with Gasteiger partial charge in [-0.25, -0.2) is 0 Å². The number of carbonyl (C=O) groups excluding carboxylic acids is 1. The van der Waals surface area contributed by atoms with Crippen molar-refractivity contribution < 1.29 is 9.90 Å². The summed E-state index contributed by atoms with van der Waals surface area (Å²) in [6, 6.07) is 2.29. The first-order chi connectivity index (χ1) is 9.49. The minimum atomic E-state index is -0.0728. The van der Waals surface area contributed by atoms with E-state index in [0.717, 1.165) is 25.9 Å². The summed E-state index contributed by atoms with van der Waals surface area (Å²) in [5, 5.41) is 9.41. The molecule has 0 radical (unpaired) electrons. The van der Waals surface area contributed by atoms with Crippen LogP contribution in [-0.2, 0) is 0 Å². The predicted octanol–water partition coefficient (Wildman–Crippen LogP) is 1.73. The van der Waals surface area contributed by atoms with Crippen molar-refractivity contribution in [1.29, 1.82) is 0 Å². The van der Waals surface area contributed by atoms with Crippen LogP contribution in [0.15, 0.2) is 18.5 Å². The van der Waals surface area contributed by atoms with E-state index >= 15 is 0 Å². The van der Waals surface area contributed by atoms with Gasteiger partial charge < -0.3 is 14.9 Å². The summed E-state index contributed by atoms with van der Waals surface area (Å²) in [6.45, 7) is 6.46. The smallest absolute Gasteiger partial charge is 0.255 e. The maximum Gasteiger partial charge on any atom is 0.255 e. The summed E-state index contributed by atoms with van der Waals surface area (Å²) in [5.41, 5.74) is 0.443. The molecule has 0 unspecified atom stereocenters. The summed E-state index contributed by atoms with van der Waals surface area (Å²) in [4.78, 5) is 20.5. The Balaban J connectivity index is 1.98. The minimum absolute atomic E-state index is 0.0267. The maximum absolute atomic E-state index is 12.4. The van der Waals surface area contributed by atoms with Crippen molar-refractivity contribution in [1.82, 2.24) is 14.8 Å². The molecule has 2 heterocycles. The number of aromatic nitrogens is 1. The van der Waals surface area contributed by atoms with Gasteiger partial charge in [0.1, 0.15) is 5.75 Å². The first kappa shape index (κ1) is 14.8. The van der Waals surface area contributed by atoms with Crippen molar-refractivity contribution in [3.8, 4) is 5.75 Å². The Hall–Kier alpha value is -1.62. The molecule has 1 saturated heterocycles. The van der Waals surface area contributed by atoms with E-state index in [-0.39, 0.29) is 17.7 Å². The molecule has 1 aliphatic heterocycles. The molecule has 1 fully saturated rings. The van der Waals surface area contributed by atoms with E-state index in [9.17, 15) is 9.90 Å². The topological polar surface area (TPSA) is 56.7 Å². The molecule has 5 heteroatoms. The number of hydrogen-bond donors (Lipinski definition) is 1. The molecule has 1 amide bonds. The zero-order valence-electron chi connectivity index (χ0n) is 12.4. The Morgan fingerprint density at radius 2 is 2.05 bits per heavy atom. The molecule has 2 rings (SSSR count). The Kier molecular flexibility index (Phi) is 4.60. The predicted molar refractivity (Wildman–Crippen MR) is 77.7 cm³/mol. The van der Waals surface area contributed by atoms with Gasteiger partial charge in [-0.1, -0.05) is 0 Å². The first-order valence-corrected chi connectivity index (χ1v) is 7.14. The number of piperidine rings is 1. The quantitative estimate of drug-likeness (QED) is 0.914. The Labute approximate surface area is 120 Å². The second-order valence-corrected chi connectivity index (χ2v) is 5.71. The van der Waals surface area contributed by atoms with Crippen molar-refractivity contribution in [3.05, 3.63) is 24.0 Å². The number of pyridine rings is 1. The third kappa shape index (κ3) is 3.28. The van der Waals surface area contributed by atoms with Crippen molar-refractivity contribution in [3.63, 3.8) is 0 Å². The molecule has 1 aromatic heterocycles. The van der Waals surface area contributed by atoms with E-state index in [1.54, 1.807) is 4.90 Å². The molecule has 110 valence electrons. The zero-order chi connectivity index (χ0) is 14.7. The van der Waals surface area contributed by atoms with Gasteiger partial charge in [0.15, 0.2) is 0 Å². The number of aromatic hydroxyl groups is 1. The number of nitrogens with zero attached hydrogens (tertiary/aromatic N) is 3. The minimum Gasteiger partial charge on any atom is -0.506 e. The highest BCUT2D eigenvalue weighted by Gasteiger charge is 2.27. The van der Waals surface area contributed by atoms with Gasteiger partial charge >= 0.3 is 0 Å². The van der Waals surface area contributed by atoms with Gasteiger partial charge in [0.2, 0.25) is 0 Å². The monoisotopic (exact) mass is 277 g/mol. The van der Waals surface area contributed by atoms with E-state index in [1.165, 1.54) is 18.5 Å². The SMILES string of the molecule is CC(C)N1CCC(N(C)C(=O)c2cncc(O)c2)CC1. The number of amides is 1. The molecule has 0 saturated carbocycles. The van der Waals surface area contributed by atoms with Crippen LogP contribution in [0, 0.1) is 0 Å². The molecule has 20 heavy (non-hydrogen) atoms. The van der Waals surface area contributed by atoms with E-state index in [0.29, 0.717) is 11.6 Å². The molecular formula is C15H23N3O2. The summed E-state index contributed by atoms with van der Waals surface area (Å²) < 4.78 is 0. The van der Waals surface area contributed by atoms with Crippen LogP contribution in [0.1, 0.15) is 37.0 Å². The molecule has 1 aromatic rings. The standard InChI is InChI=1S/C15H23N3O2/c1-11(2)18-6-4-13(5-7-18)17(3)15(20)12-8-14(19)10-16-9-12/h8-11,13,19H,4-7H2,1-3H3. The van der Waals surface area contributed by atoms with Crippen molar-refractivity contribution >= 4 is 5.91 Å². The highest BCUT2D eigenvalue weighted by atomic mass is 16.3. The lowest BCUT2D eigenvalue weighted by Gasteiger charge is -2.38. The molecule has 0 aliphatic carbocycles. The highest BCUT2D eigenvalue weighted by Crippen LogP contribution is 2.19. The second kappa shape index (κ2) is 6.22. The number of likely N-dealkylation sites (tertiary alicyclic amines) is 1.